The number of nitrogens with zero attached hydrogens (tertiary/aromatic N) is 1. The Kier molecular flexibility index (Phi) is 5.13. The Bertz CT molecular complexity index is 537. The number of aryl methyl sites for hydroxylation is 1. The van der Waals surface area contributed by atoms with E-state index in [2.05, 4.69) is 25.1 Å². The number of ether oxygens (including phenoxy) is 1. The third kappa shape index (κ3) is 4.35. The number of hydrogen-bond acceptors (Lipinski definition) is 2. The van der Waals surface area contributed by atoms with Crippen LogP contribution in [0.4, 0.5) is 4.39 Å². The van der Waals surface area contributed by atoms with Crippen molar-refractivity contribution >= 4 is 0 Å². The average Bonchev–Trinajstić information content (AvgIpc) is 2.43. The fourth-order valence-corrected chi connectivity index (χ4v) is 2.03. The van der Waals surface area contributed by atoms with Gasteiger partial charge in [-0.1, -0.05) is 18.2 Å². The van der Waals surface area contributed by atoms with E-state index in [1.807, 2.05) is 18.2 Å². The van der Waals surface area contributed by atoms with Gasteiger partial charge in [-0.2, -0.15) is 0 Å². The molecule has 0 aliphatic carbocycles. The zero-order valence-electron chi connectivity index (χ0n) is 12.0. The fraction of sp³-hybridized carbons (Fsp3) is 0.294. The van der Waals surface area contributed by atoms with E-state index in [4.69, 9.17) is 4.74 Å². The number of benzene rings is 2. The van der Waals surface area contributed by atoms with Gasteiger partial charge in [-0.15, -0.1) is 0 Å². The topological polar surface area (TPSA) is 12.5 Å². The number of para-hydroxylation sites is 1. The highest BCUT2D eigenvalue weighted by atomic mass is 19.1. The molecule has 0 fully saturated rings. The first-order chi connectivity index (χ1) is 9.65. The molecule has 0 aliphatic rings. The van der Waals surface area contributed by atoms with Gasteiger partial charge in [0.25, 0.3) is 0 Å². The molecule has 2 rings (SSSR count). The van der Waals surface area contributed by atoms with Crippen LogP contribution in [0.15, 0.2) is 48.5 Å². The zero-order valence-corrected chi connectivity index (χ0v) is 12.0. The third-order valence-corrected chi connectivity index (χ3v) is 3.07. The minimum Gasteiger partial charge on any atom is -0.457 e. The van der Waals surface area contributed by atoms with Crippen molar-refractivity contribution < 1.29 is 9.13 Å². The van der Waals surface area contributed by atoms with Crippen LogP contribution < -0.4 is 4.74 Å². The zero-order chi connectivity index (χ0) is 14.4. The predicted molar refractivity (Wildman–Crippen MR) is 79.8 cm³/mol. The number of rotatable bonds is 6. The molecule has 0 heterocycles. The molecule has 0 aromatic heterocycles. The first-order valence-electron chi connectivity index (χ1n) is 6.81. The smallest absolute Gasteiger partial charge is 0.130 e. The maximum Gasteiger partial charge on any atom is 0.130 e. The van der Waals surface area contributed by atoms with Crippen molar-refractivity contribution in [2.75, 3.05) is 20.6 Å². The quantitative estimate of drug-likeness (QED) is 0.785. The molecular formula is C17H20FNO. The van der Waals surface area contributed by atoms with Gasteiger partial charge in [0.05, 0.1) is 0 Å². The van der Waals surface area contributed by atoms with Gasteiger partial charge < -0.3 is 9.64 Å². The minimum atomic E-state index is -0.253. The van der Waals surface area contributed by atoms with Gasteiger partial charge in [-0.3, -0.25) is 0 Å². The van der Waals surface area contributed by atoms with Gasteiger partial charge in [0.15, 0.2) is 0 Å². The standard InChI is InChI=1S/C17H20FNO/c1-19(2)13-5-7-14-6-3-4-8-17(14)20-16-11-9-15(18)10-12-16/h3-4,6,8-12H,5,7,13H2,1-2H3. The van der Waals surface area contributed by atoms with Gasteiger partial charge in [0.1, 0.15) is 17.3 Å². The van der Waals surface area contributed by atoms with Crippen molar-refractivity contribution in [2.45, 2.75) is 12.8 Å². The third-order valence-electron chi connectivity index (χ3n) is 3.07. The van der Waals surface area contributed by atoms with Crippen LogP contribution in [0.2, 0.25) is 0 Å². The van der Waals surface area contributed by atoms with Crippen LogP contribution in [0.5, 0.6) is 11.5 Å². The average molecular weight is 273 g/mol. The molecule has 106 valence electrons. The summed E-state index contributed by atoms with van der Waals surface area (Å²) in [6, 6.07) is 14.1. The molecule has 0 aliphatic heterocycles. The van der Waals surface area contributed by atoms with E-state index < -0.39 is 0 Å². The molecule has 0 N–H and O–H groups in total. The monoisotopic (exact) mass is 273 g/mol. The summed E-state index contributed by atoms with van der Waals surface area (Å²) >= 11 is 0. The summed E-state index contributed by atoms with van der Waals surface area (Å²) in [5, 5.41) is 0. The minimum absolute atomic E-state index is 0.253. The molecule has 0 amide bonds. The summed E-state index contributed by atoms with van der Waals surface area (Å²) in [6.07, 6.45) is 2.05. The van der Waals surface area contributed by atoms with Gasteiger partial charge in [0, 0.05) is 0 Å². The predicted octanol–water partition coefficient (Wildman–Crippen LogP) is 4.11. The molecular weight excluding hydrogens is 253 g/mol. The molecule has 2 aromatic carbocycles. The molecule has 2 nitrogen and oxygen atoms in total. The van der Waals surface area contributed by atoms with Crippen LogP contribution in [-0.4, -0.2) is 25.5 Å². The second kappa shape index (κ2) is 7.06. The molecule has 3 heteroatoms. The van der Waals surface area contributed by atoms with Gasteiger partial charge in [-0.05, 0) is 69.4 Å². The molecule has 0 saturated heterocycles. The molecule has 0 spiro atoms. The van der Waals surface area contributed by atoms with Gasteiger partial charge in [-0.25, -0.2) is 4.39 Å². The lowest BCUT2D eigenvalue weighted by molar-refractivity contribution is 0.398. The summed E-state index contributed by atoms with van der Waals surface area (Å²) in [5.41, 5.74) is 1.18. The van der Waals surface area contributed by atoms with E-state index in [0.29, 0.717) is 5.75 Å². The van der Waals surface area contributed by atoms with Crippen molar-refractivity contribution in [3.05, 3.63) is 59.9 Å². The highest BCUT2D eigenvalue weighted by molar-refractivity contribution is 5.37. The van der Waals surface area contributed by atoms with Crippen molar-refractivity contribution in [3.8, 4) is 11.5 Å². The van der Waals surface area contributed by atoms with E-state index in [0.717, 1.165) is 25.1 Å². The molecule has 0 saturated carbocycles. The van der Waals surface area contributed by atoms with Crippen molar-refractivity contribution in [1.82, 2.24) is 4.90 Å². The van der Waals surface area contributed by atoms with Crippen LogP contribution in [0.1, 0.15) is 12.0 Å². The molecule has 0 bridgehead atoms. The Morgan fingerprint density at radius 2 is 1.70 bits per heavy atom. The molecule has 0 atom stereocenters. The highest BCUT2D eigenvalue weighted by Crippen LogP contribution is 2.26. The first kappa shape index (κ1) is 14.5. The summed E-state index contributed by atoms with van der Waals surface area (Å²) in [5.74, 6) is 1.25. The lowest BCUT2D eigenvalue weighted by Crippen LogP contribution is -2.13. The molecule has 0 unspecified atom stereocenters. The van der Waals surface area contributed by atoms with Gasteiger partial charge in [0.2, 0.25) is 0 Å². The fourth-order valence-electron chi connectivity index (χ4n) is 2.03. The normalized spacial score (nSPS) is 10.8. The second-order valence-electron chi connectivity index (χ2n) is 5.07. The maximum absolute atomic E-state index is 12.9. The Balaban J connectivity index is 2.05. The van der Waals surface area contributed by atoms with Crippen molar-refractivity contribution in [1.29, 1.82) is 0 Å². The maximum atomic E-state index is 12.9. The van der Waals surface area contributed by atoms with E-state index in [9.17, 15) is 4.39 Å². The second-order valence-corrected chi connectivity index (χ2v) is 5.07. The van der Waals surface area contributed by atoms with E-state index in [-0.39, 0.29) is 5.82 Å². The lowest BCUT2D eigenvalue weighted by atomic mass is 10.1. The first-order valence-corrected chi connectivity index (χ1v) is 6.81. The highest BCUT2D eigenvalue weighted by Gasteiger charge is 2.05. The Labute approximate surface area is 119 Å². The molecule has 0 radical (unpaired) electrons. The largest absolute Gasteiger partial charge is 0.457 e. The van der Waals surface area contributed by atoms with Crippen molar-refractivity contribution in [2.24, 2.45) is 0 Å². The SMILES string of the molecule is CN(C)CCCc1ccccc1Oc1ccc(F)cc1. The van der Waals surface area contributed by atoms with E-state index in [1.165, 1.54) is 17.7 Å². The number of halogens is 1. The molecule has 2 aromatic rings. The summed E-state index contributed by atoms with van der Waals surface area (Å²) in [7, 11) is 4.14. The summed E-state index contributed by atoms with van der Waals surface area (Å²) in [6.45, 7) is 1.05. The van der Waals surface area contributed by atoms with Crippen molar-refractivity contribution in [3.63, 3.8) is 0 Å². The van der Waals surface area contributed by atoms with Crippen LogP contribution in [0, 0.1) is 5.82 Å². The lowest BCUT2D eigenvalue weighted by Gasteiger charge is -2.13. The Hall–Kier alpha value is -1.87. The van der Waals surface area contributed by atoms with Crippen LogP contribution >= 0.6 is 0 Å². The van der Waals surface area contributed by atoms with Gasteiger partial charge >= 0.3 is 0 Å². The summed E-state index contributed by atoms with van der Waals surface area (Å²) in [4.78, 5) is 2.17. The Morgan fingerprint density at radius 3 is 2.40 bits per heavy atom. The van der Waals surface area contributed by atoms with Crippen LogP contribution in [-0.2, 0) is 6.42 Å². The van der Waals surface area contributed by atoms with Crippen LogP contribution in [0.25, 0.3) is 0 Å². The number of hydrogen-bond donors (Lipinski definition) is 0. The molecule has 20 heavy (non-hydrogen) atoms. The van der Waals surface area contributed by atoms with E-state index in [1.54, 1.807) is 12.1 Å². The van der Waals surface area contributed by atoms with Crippen LogP contribution in [0.3, 0.4) is 0 Å². The summed E-state index contributed by atoms with van der Waals surface area (Å²) < 4.78 is 18.7. The van der Waals surface area contributed by atoms with E-state index >= 15 is 0 Å². The Morgan fingerprint density at radius 1 is 1.00 bits per heavy atom.